The van der Waals surface area contributed by atoms with Crippen LogP contribution >= 0.6 is 11.6 Å². The van der Waals surface area contributed by atoms with Crippen molar-refractivity contribution in [3.05, 3.63) is 58.9 Å². The van der Waals surface area contributed by atoms with Crippen LogP contribution in [0.3, 0.4) is 0 Å². The molecule has 7 heteroatoms. The lowest BCUT2D eigenvalue weighted by molar-refractivity contribution is 0.188. The summed E-state index contributed by atoms with van der Waals surface area (Å²) >= 11 is 6.36. The number of piperidine rings is 1. The number of rotatable bonds is 7. The first-order valence-corrected chi connectivity index (χ1v) is 12.6. The van der Waals surface area contributed by atoms with Gasteiger partial charge in [0, 0.05) is 44.1 Å². The van der Waals surface area contributed by atoms with Crippen molar-refractivity contribution in [2.45, 2.75) is 32.3 Å². The van der Waals surface area contributed by atoms with Crippen molar-refractivity contribution < 1.29 is 9.84 Å². The van der Waals surface area contributed by atoms with Crippen LogP contribution in [0.15, 0.2) is 42.7 Å². The van der Waals surface area contributed by atoms with E-state index >= 15 is 0 Å². The number of nitrogens with zero attached hydrogens (tertiary/aromatic N) is 4. The number of imidazole rings is 1. The molecule has 1 fully saturated rings. The fourth-order valence-electron chi connectivity index (χ4n) is 5.07. The molecule has 0 radical (unpaired) electrons. The summed E-state index contributed by atoms with van der Waals surface area (Å²) in [6.45, 7) is 6.89. The first-order chi connectivity index (χ1) is 16.6. The van der Waals surface area contributed by atoms with Gasteiger partial charge in [0.2, 0.25) is 0 Å². The van der Waals surface area contributed by atoms with E-state index in [2.05, 4.69) is 34.2 Å². The Morgan fingerprint density at radius 1 is 1.06 bits per heavy atom. The van der Waals surface area contributed by atoms with Crippen molar-refractivity contribution >= 4 is 22.8 Å². The number of fused-ring (bicyclic) bond motifs is 1. The second-order valence-electron chi connectivity index (χ2n) is 9.29. The van der Waals surface area contributed by atoms with Crippen LogP contribution in [0.2, 0.25) is 5.02 Å². The Balaban J connectivity index is 1.31. The maximum Gasteiger partial charge on any atom is 0.138 e. The molecule has 0 unspecified atom stereocenters. The molecule has 0 aliphatic carbocycles. The Morgan fingerprint density at radius 2 is 1.88 bits per heavy atom. The third-order valence-corrected chi connectivity index (χ3v) is 7.42. The van der Waals surface area contributed by atoms with E-state index < -0.39 is 0 Å². The van der Waals surface area contributed by atoms with Gasteiger partial charge in [0.25, 0.3) is 0 Å². The largest absolute Gasteiger partial charge is 0.495 e. The van der Waals surface area contributed by atoms with E-state index in [4.69, 9.17) is 21.3 Å². The van der Waals surface area contributed by atoms with Gasteiger partial charge in [0.15, 0.2) is 0 Å². The van der Waals surface area contributed by atoms with Gasteiger partial charge in [-0.3, -0.25) is 4.90 Å². The molecule has 2 aromatic heterocycles. The molecule has 3 aromatic rings. The van der Waals surface area contributed by atoms with Gasteiger partial charge in [-0.25, -0.2) is 4.98 Å². The lowest BCUT2D eigenvalue weighted by Crippen LogP contribution is -2.39. The van der Waals surface area contributed by atoms with Crippen LogP contribution in [0, 0.1) is 0 Å². The molecule has 1 aromatic carbocycles. The highest BCUT2D eigenvalue weighted by Crippen LogP contribution is 2.34. The average Bonchev–Trinajstić information content (AvgIpc) is 3.31. The van der Waals surface area contributed by atoms with Crippen LogP contribution < -0.4 is 4.74 Å². The molecule has 6 nitrogen and oxygen atoms in total. The van der Waals surface area contributed by atoms with E-state index in [1.54, 1.807) is 13.2 Å². The summed E-state index contributed by atoms with van der Waals surface area (Å²) < 4.78 is 7.31. The zero-order valence-electron chi connectivity index (χ0n) is 19.8. The fourth-order valence-corrected chi connectivity index (χ4v) is 5.32. The SMILES string of the molecule is COc1cc(CO)c(-c2cn3ccc(C4=CCN(CCN5CCCCC5)CC4)cc3n2)cc1Cl. The van der Waals surface area contributed by atoms with Gasteiger partial charge in [-0.05, 0) is 73.3 Å². The smallest absolute Gasteiger partial charge is 0.138 e. The lowest BCUT2D eigenvalue weighted by Gasteiger charge is -2.31. The first kappa shape index (κ1) is 23.4. The van der Waals surface area contributed by atoms with Gasteiger partial charge in [-0.2, -0.15) is 0 Å². The van der Waals surface area contributed by atoms with Gasteiger partial charge in [0.05, 0.1) is 24.4 Å². The lowest BCUT2D eigenvalue weighted by atomic mass is 10.0. The molecule has 0 atom stereocenters. The first-order valence-electron chi connectivity index (χ1n) is 12.2. The Bertz CT molecular complexity index is 1180. The van der Waals surface area contributed by atoms with E-state index in [0.29, 0.717) is 10.8 Å². The van der Waals surface area contributed by atoms with Crippen LogP contribution in [0.1, 0.15) is 36.8 Å². The summed E-state index contributed by atoms with van der Waals surface area (Å²) in [5, 5.41) is 10.4. The summed E-state index contributed by atoms with van der Waals surface area (Å²) in [6.07, 6.45) is 11.6. The average molecular weight is 481 g/mol. The highest BCUT2D eigenvalue weighted by Gasteiger charge is 2.17. The maximum absolute atomic E-state index is 9.87. The predicted molar refractivity (Wildman–Crippen MR) is 137 cm³/mol. The Morgan fingerprint density at radius 3 is 2.62 bits per heavy atom. The molecule has 0 amide bonds. The third kappa shape index (κ3) is 5.01. The van der Waals surface area contributed by atoms with Crippen molar-refractivity contribution in [1.29, 1.82) is 0 Å². The predicted octanol–water partition coefficient (Wildman–Crippen LogP) is 4.73. The molecule has 1 N–H and O–H groups in total. The molecule has 2 aliphatic rings. The number of halogens is 1. The van der Waals surface area contributed by atoms with Gasteiger partial charge in [0.1, 0.15) is 11.4 Å². The van der Waals surface area contributed by atoms with E-state index in [1.165, 1.54) is 50.0 Å². The second-order valence-corrected chi connectivity index (χ2v) is 9.70. The van der Waals surface area contributed by atoms with E-state index in [-0.39, 0.29) is 6.61 Å². The monoisotopic (exact) mass is 480 g/mol. The number of pyridine rings is 1. The number of methoxy groups -OCH3 is 1. The number of likely N-dealkylation sites (tertiary alicyclic amines) is 1. The molecular weight excluding hydrogens is 448 g/mol. The standard InChI is InChI=1S/C27H33ClN4O2/c1-34-26-15-22(19-33)23(17-24(26)28)25-18-32-12-7-21(16-27(32)29-25)20-5-10-31(11-6-20)14-13-30-8-3-2-4-9-30/h5,7,12,15-18,33H,2-4,6,8-11,13-14,19H2,1H3. The number of benzene rings is 1. The maximum atomic E-state index is 9.87. The van der Waals surface area contributed by atoms with Crippen LogP contribution in [-0.2, 0) is 6.61 Å². The molecule has 1 saturated heterocycles. The van der Waals surface area contributed by atoms with Crippen molar-refractivity contribution in [1.82, 2.24) is 19.2 Å². The number of aliphatic hydroxyl groups excluding tert-OH is 1. The normalized spacial score (nSPS) is 17.8. The highest BCUT2D eigenvalue weighted by molar-refractivity contribution is 6.32. The van der Waals surface area contributed by atoms with E-state index in [1.807, 2.05) is 16.7 Å². The zero-order chi connectivity index (χ0) is 23.5. The minimum Gasteiger partial charge on any atom is -0.495 e. The number of aromatic nitrogens is 2. The highest BCUT2D eigenvalue weighted by atomic mass is 35.5. The molecule has 0 spiro atoms. The van der Waals surface area contributed by atoms with Gasteiger partial charge in [-0.1, -0.05) is 24.1 Å². The number of ether oxygens (including phenoxy) is 1. The topological polar surface area (TPSA) is 53.2 Å². The van der Waals surface area contributed by atoms with Gasteiger partial charge < -0.3 is 19.1 Å². The molecule has 34 heavy (non-hydrogen) atoms. The van der Waals surface area contributed by atoms with Crippen LogP contribution in [-0.4, -0.2) is 70.7 Å². The molecule has 4 heterocycles. The molecular formula is C27H33ClN4O2. The van der Waals surface area contributed by atoms with Crippen molar-refractivity contribution in [3.63, 3.8) is 0 Å². The quantitative estimate of drug-likeness (QED) is 0.529. The molecule has 0 bridgehead atoms. The van der Waals surface area contributed by atoms with E-state index in [9.17, 15) is 5.11 Å². The van der Waals surface area contributed by atoms with Crippen molar-refractivity contribution in [3.8, 4) is 17.0 Å². The van der Waals surface area contributed by atoms with E-state index in [0.717, 1.165) is 48.5 Å². The minimum absolute atomic E-state index is 0.108. The summed E-state index contributed by atoms with van der Waals surface area (Å²) in [7, 11) is 1.57. The molecule has 5 rings (SSSR count). The number of hydrogen-bond donors (Lipinski definition) is 1. The van der Waals surface area contributed by atoms with Crippen LogP contribution in [0.4, 0.5) is 0 Å². The second kappa shape index (κ2) is 10.5. The summed E-state index contributed by atoms with van der Waals surface area (Å²) in [6, 6.07) is 7.91. The molecule has 0 saturated carbocycles. The Kier molecular flexibility index (Phi) is 7.21. The summed E-state index contributed by atoms with van der Waals surface area (Å²) in [5.41, 5.74) is 5.86. The van der Waals surface area contributed by atoms with Gasteiger partial charge in [-0.15, -0.1) is 0 Å². The van der Waals surface area contributed by atoms with Crippen molar-refractivity contribution in [2.75, 3.05) is 46.4 Å². The number of aliphatic hydroxyl groups is 1. The van der Waals surface area contributed by atoms with Crippen LogP contribution in [0.25, 0.3) is 22.5 Å². The molecule has 2 aliphatic heterocycles. The minimum atomic E-state index is -0.108. The fraction of sp³-hybridized carbons (Fsp3) is 0.444. The zero-order valence-corrected chi connectivity index (χ0v) is 20.6. The summed E-state index contributed by atoms with van der Waals surface area (Å²) in [4.78, 5) is 10.0. The van der Waals surface area contributed by atoms with Crippen molar-refractivity contribution in [2.24, 2.45) is 0 Å². The summed E-state index contributed by atoms with van der Waals surface area (Å²) in [5.74, 6) is 0.551. The third-order valence-electron chi connectivity index (χ3n) is 7.13. The number of hydrogen-bond acceptors (Lipinski definition) is 5. The van der Waals surface area contributed by atoms with Gasteiger partial charge >= 0.3 is 0 Å². The Hall–Kier alpha value is -2.38. The van der Waals surface area contributed by atoms with Crippen LogP contribution in [0.5, 0.6) is 5.75 Å². The Labute approximate surface area is 206 Å². The molecule has 180 valence electrons.